The zero-order valence-electron chi connectivity index (χ0n) is 11.7. The van der Waals surface area contributed by atoms with Crippen LogP contribution in [0.3, 0.4) is 0 Å². The minimum absolute atomic E-state index is 0.00889. The van der Waals surface area contributed by atoms with E-state index >= 15 is 0 Å². The summed E-state index contributed by atoms with van der Waals surface area (Å²) < 4.78 is 0. The van der Waals surface area contributed by atoms with Crippen LogP contribution in [0.1, 0.15) is 52.4 Å². The van der Waals surface area contributed by atoms with Crippen LogP contribution in [0.25, 0.3) is 0 Å². The number of carbonyl (C=O) groups excluding carboxylic acids is 1. The van der Waals surface area contributed by atoms with E-state index in [2.05, 4.69) is 5.32 Å². The predicted molar refractivity (Wildman–Crippen MR) is 73.0 cm³/mol. The third-order valence-corrected chi connectivity index (χ3v) is 4.19. The molecule has 0 heterocycles. The number of nitrogens with two attached hydrogens (primary N) is 1. The number of hydrogen-bond donors (Lipinski definition) is 3. The lowest BCUT2D eigenvalue weighted by Gasteiger charge is -2.35. The van der Waals surface area contributed by atoms with Gasteiger partial charge in [0.15, 0.2) is 0 Å². The molecule has 1 aliphatic rings. The first-order valence-corrected chi connectivity index (χ1v) is 7.12. The first-order valence-electron chi connectivity index (χ1n) is 7.12. The molecule has 0 saturated heterocycles. The molecule has 1 amide bonds. The van der Waals surface area contributed by atoms with Crippen LogP contribution in [0.15, 0.2) is 0 Å². The van der Waals surface area contributed by atoms with Crippen LogP contribution in [0.5, 0.6) is 0 Å². The Labute approximate surface area is 110 Å². The summed E-state index contributed by atoms with van der Waals surface area (Å²) >= 11 is 0. The fourth-order valence-corrected chi connectivity index (χ4v) is 2.50. The lowest BCUT2D eigenvalue weighted by Crippen LogP contribution is -2.43. The maximum atomic E-state index is 11.8. The summed E-state index contributed by atoms with van der Waals surface area (Å²) in [7, 11) is 0. The molecule has 0 aromatic rings. The maximum Gasteiger partial charge on any atom is 0.221 e. The van der Waals surface area contributed by atoms with Crippen LogP contribution >= 0.6 is 0 Å². The molecule has 1 fully saturated rings. The first-order chi connectivity index (χ1) is 8.49. The fraction of sp³-hybridized carbons (Fsp3) is 0.929. The van der Waals surface area contributed by atoms with E-state index in [1.165, 1.54) is 6.42 Å². The zero-order chi connectivity index (χ0) is 13.6. The smallest absolute Gasteiger partial charge is 0.221 e. The van der Waals surface area contributed by atoms with E-state index < -0.39 is 0 Å². The van der Waals surface area contributed by atoms with Crippen LogP contribution in [0.4, 0.5) is 0 Å². The van der Waals surface area contributed by atoms with Crippen molar-refractivity contribution >= 4 is 5.91 Å². The Bertz CT molecular complexity index is 261. The van der Waals surface area contributed by atoms with Crippen LogP contribution < -0.4 is 11.1 Å². The highest BCUT2D eigenvalue weighted by Crippen LogP contribution is 2.35. The van der Waals surface area contributed by atoms with E-state index in [4.69, 9.17) is 5.73 Å². The van der Waals surface area contributed by atoms with E-state index in [0.717, 1.165) is 25.7 Å². The molecule has 1 unspecified atom stereocenters. The number of rotatable bonds is 6. The molecule has 0 spiro atoms. The first kappa shape index (κ1) is 15.4. The lowest BCUT2D eigenvalue weighted by atomic mass is 9.74. The Balaban J connectivity index is 2.36. The van der Waals surface area contributed by atoms with Gasteiger partial charge in [-0.25, -0.2) is 0 Å². The Kier molecular flexibility index (Phi) is 6.09. The van der Waals surface area contributed by atoms with Gasteiger partial charge in [-0.1, -0.05) is 33.1 Å². The molecule has 1 rings (SSSR count). The molecule has 18 heavy (non-hydrogen) atoms. The van der Waals surface area contributed by atoms with Crippen molar-refractivity contribution in [3.8, 4) is 0 Å². The molecular formula is C14H28N2O2. The average molecular weight is 256 g/mol. The Morgan fingerprint density at radius 2 is 1.94 bits per heavy atom. The highest BCUT2D eigenvalue weighted by atomic mass is 16.3. The second-order valence-corrected chi connectivity index (χ2v) is 6.11. The summed E-state index contributed by atoms with van der Waals surface area (Å²) in [6.45, 7) is 4.80. The average Bonchev–Trinajstić information content (AvgIpc) is 2.37. The standard InChI is InChI=1S/C14H28N2O2/c1-11(2)12(15)8-13(18)16-9-14(10-17)6-4-3-5-7-14/h11-12,17H,3-10,15H2,1-2H3,(H,16,18). The van der Waals surface area contributed by atoms with Crippen molar-refractivity contribution in [1.29, 1.82) is 0 Å². The molecule has 1 atom stereocenters. The van der Waals surface area contributed by atoms with Crippen LogP contribution in [0.2, 0.25) is 0 Å². The second kappa shape index (κ2) is 7.10. The molecule has 4 N–H and O–H groups in total. The van der Waals surface area contributed by atoms with Crippen molar-refractivity contribution in [2.45, 2.75) is 58.4 Å². The van der Waals surface area contributed by atoms with Crippen molar-refractivity contribution in [3.05, 3.63) is 0 Å². The van der Waals surface area contributed by atoms with E-state index in [9.17, 15) is 9.90 Å². The summed E-state index contributed by atoms with van der Waals surface area (Å²) in [5.41, 5.74) is 5.79. The molecule has 0 aromatic carbocycles. The minimum atomic E-state index is -0.0875. The molecule has 0 aliphatic heterocycles. The van der Waals surface area contributed by atoms with Gasteiger partial charge in [-0.15, -0.1) is 0 Å². The summed E-state index contributed by atoms with van der Waals surface area (Å²) in [5.74, 6) is 0.326. The van der Waals surface area contributed by atoms with Gasteiger partial charge in [0.25, 0.3) is 0 Å². The second-order valence-electron chi connectivity index (χ2n) is 6.11. The van der Waals surface area contributed by atoms with E-state index in [1.807, 2.05) is 13.8 Å². The van der Waals surface area contributed by atoms with Crippen LogP contribution in [0, 0.1) is 11.3 Å². The molecule has 1 aliphatic carbocycles. The van der Waals surface area contributed by atoms with E-state index in [1.54, 1.807) is 0 Å². The predicted octanol–water partition coefficient (Wildman–Crippen LogP) is 1.42. The van der Waals surface area contributed by atoms with Crippen LogP contribution in [-0.4, -0.2) is 30.2 Å². The van der Waals surface area contributed by atoms with Gasteiger partial charge < -0.3 is 16.2 Å². The number of aliphatic hydroxyl groups excluding tert-OH is 1. The Morgan fingerprint density at radius 1 is 1.33 bits per heavy atom. The number of amides is 1. The lowest BCUT2D eigenvalue weighted by molar-refractivity contribution is -0.122. The van der Waals surface area contributed by atoms with Crippen molar-refractivity contribution < 1.29 is 9.90 Å². The van der Waals surface area contributed by atoms with Gasteiger partial charge in [0.2, 0.25) is 5.91 Å². The van der Waals surface area contributed by atoms with Gasteiger partial charge in [0.05, 0.1) is 6.61 Å². The topological polar surface area (TPSA) is 75.4 Å². The van der Waals surface area contributed by atoms with E-state index in [0.29, 0.717) is 18.9 Å². The molecule has 106 valence electrons. The third-order valence-electron chi connectivity index (χ3n) is 4.19. The normalized spacial score (nSPS) is 20.7. The number of nitrogens with one attached hydrogen (secondary N) is 1. The van der Waals surface area contributed by atoms with Crippen molar-refractivity contribution in [3.63, 3.8) is 0 Å². The summed E-state index contributed by atoms with van der Waals surface area (Å²) in [6, 6.07) is -0.0820. The van der Waals surface area contributed by atoms with Gasteiger partial charge in [0.1, 0.15) is 0 Å². The molecule has 0 aromatic heterocycles. The molecule has 0 radical (unpaired) electrons. The molecule has 4 nitrogen and oxygen atoms in total. The van der Waals surface area contributed by atoms with Crippen LogP contribution in [-0.2, 0) is 4.79 Å². The Morgan fingerprint density at radius 3 is 2.44 bits per heavy atom. The molecule has 1 saturated carbocycles. The number of carbonyl (C=O) groups is 1. The van der Waals surface area contributed by atoms with E-state index in [-0.39, 0.29) is 24.0 Å². The maximum absolute atomic E-state index is 11.8. The quantitative estimate of drug-likeness (QED) is 0.673. The zero-order valence-corrected chi connectivity index (χ0v) is 11.7. The highest BCUT2D eigenvalue weighted by molar-refractivity contribution is 5.76. The van der Waals surface area contributed by atoms with Gasteiger partial charge in [-0.05, 0) is 18.8 Å². The SMILES string of the molecule is CC(C)C(N)CC(=O)NCC1(CO)CCCCC1. The molecule has 0 bridgehead atoms. The van der Waals surface area contributed by atoms with Gasteiger partial charge in [-0.3, -0.25) is 4.79 Å². The summed E-state index contributed by atoms with van der Waals surface area (Å²) in [5, 5.41) is 12.5. The minimum Gasteiger partial charge on any atom is -0.396 e. The van der Waals surface area contributed by atoms with Crippen molar-refractivity contribution in [1.82, 2.24) is 5.32 Å². The number of hydrogen-bond acceptors (Lipinski definition) is 3. The fourth-order valence-electron chi connectivity index (χ4n) is 2.50. The van der Waals surface area contributed by atoms with Gasteiger partial charge in [-0.2, -0.15) is 0 Å². The summed E-state index contributed by atoms with van der Waals surface area (Å²) in [6.07, 6.45) is 5.96. The van der Waals surface area contributed by atoms with Gasteiger partial charge in [0, 0.05) is 24.4 Å². The highest BCUT2D eigenvalue weighted by Gasteiger charge is 2.31. The largest absolute Gasteiger partial charge is 0.396 e. The summed E-state index contributed by atoms with van der Waals surface area (Å²) in [4.78, 5) is 11.8. The van der Waals surface area contributed by atoms with Gasteiger partial charge >= 0.3 is 0 Å². The number of aliphatic hydroxyl groups is 1. The van der Waals surface area contributed by atoms with Crippen molar-refractivity contribution in [2.75, 3.05) is 13.2 Å². The Hall–Kier alpha value is -0.610. The monoisotopic (exact) mass is 256 g/mol. The van der Waals surface area contributed by atoms with Crippen molar-refractivity contribution in [2.24, 2.45) is 17.1 Å². The molecular weight excluding hydrogens is 228 g/mol. The third kappa shape index (κ3) is 4.58. The molecule has 4 heteroatoms.